The normalized spacial score (nSPS) is 34.5. The van der Waals surface area contributed by atoms with Crippen LogP contribution in [0.4, 0.5) is 5.69 Å². The molecular formula is C15H21N2+. The molecule has 0 saturated heterocycles. The minimum absolute atomic E-state index is 0.166. The van der Waals surface area contributed by atoms with Crippen molar-refractivity contribution in [1.29, 1.82) is 0 Å². The smallest absolute Gasteiger partial charge is 0.0881 e. The van der Waals surface area contributed by atoms with E-state index in [0.717, 1.165) is 12.5 Å². The van der Waals surface area contributed by atoms with Gasteiger partial charge in [0.15, 0.2) is 6.54 Å². The predicted molar refractivity (Wildman–Crippen MR) is 68.6 cm³/mol. The molecule has 0 amide bonds. The van der Waals surface area contributed by atoms with Crippen LogP contribution in [0.1, 0.15) is 33.6 Å². The zero-order valence-corrected chi connectivity index (χ0v) is 11.0. The Morgan fingerprint density at radius 3 is 2.53 bits per heavy atom. The second-order valence-corrected chi connectivity index (χ2v) is 6.62. The van der Waals surface area contributed by atoms with E-state index in [1.54, 1.807) is 0 Å². The number of hydrogen-bond donors (Lipinski definition) is 0. The van der Waals surface area contributed by atoms with Gasteiger partial charge in [-0.25, -0.2) is 0 Å². The van der Waals surface area contributed by atoms with Gasteiger partial charge in [0, 0.05) is 12.1 Å². The van der Waals surface area contributed by atoms with Gasteiger partial charge < -0.3 is 0 Å². The number of rotatable bonds is 1. The van der Waals surface area contributed by atoms with Crippen LogP contribution in [0.2, 0.25) is 0 Å². The third-order valence-corrected chi connectivity index (χ3v) is 4.31. The highest BCUT2D eigenvalue weighted by atomic mass is 15.3. The average Bonchev–Trinajstić information content (AvgIpc) is 2.66. The maximum Gasteiger partial charge on any atom is 0.231 e. The van der Waals surface area contributed by atoms with E-state index in [9.17, 15) is 0 Å². The van der Waals surface area contributed by atoms with Crippen molar-refractivity contribution < 1.29 is 4.70 Å². The number of hydrogen-bond acceptors (Lipinski definition) is 1. The molecule has 1 fully saturated rings. The van der Waals surface area contributed by atoms with Gasteiger partial charge in [-0.3, -0.25) is 0 Å². The van der Waals surface area contributed by atoms with E-state index >= 15 is 0 Å². The topological polar surface area (TPSA) is 15.4 Å². The lowest BCUT2D eigenvalue weighted by molar-refractivity contribution is -0.504. The Kier molecular flexibility index (Phi) is 2.19. The van der Waals surface area contributed by atoms with E-state index in [2.05, 4.69) is 55.8 Å². The largest absolute Gasteiger partial charge is 0.231 e. The van der Waals surface area contributed by atoms with Gasteiger partial charge in [-0.05, 0) is 30.3 Å². The highest BCUT2D eigenvalue weighted by molar-refractivity contribution is 5.28. The second-order valence-electron chi connectivity index (χ2n) is 6.62. The summed E-state index contributed by atoms with van der Waals surface area (Å²) >= 11 is 0. The van der Waals surface area contributed by atoms with Crippen LogP contribution in [-0.2, 0) is 0 Å². The summed E-state index contributed by atoms with van der Waals surface area (Å²) in [6.07, 6.45) is 2.52. The molecule has 0 radical (unpaired) electrons. The number of nitrogens with zero attached hydrogens (tertiary/aromatic N) is 2. The van der Waals surface area contributed by atoms with Crippen molar-refractivity contribution in [2.75, 3.05) is 6.54 Å². The van der Waals surface area contributed by atoms with Crippen LogP contribution in [0.25, 0.3) is 0 Å². The molecule has 2 nitrogen and oxygen atoms in total. The van der Waals surface area contributed by atoms with Crippen molar-refractivity contribution in [3.05, 3.63) is 30.3 Å². The molecule has 17 heavy (non-hydrogen) atoms. The first-order valence-electron chi connectivity index (χ1n) is 6.54. The summed E-state index contributed by atoms with van der Waals surface area (Å²) in [5.41, 5.74) is 1.87. The van der Waals surface area contributed by atoms with E-state index < -0.39 is 0 Å². The fourth-order valence-corrected chi connectivity index (χ4v) is 3.74. The molecule has 0 aromatic heterocycles. The van der Waals surface area contributed by atoms with E-state index in [1.807, 2.05) is 0 Å². The molecular weight excluding hydrogens is 208 g/mol. The maximum absolute atomic E-state index is 4.98. The molecule has 0 unspecified atom stereocenters. The SMILES string of the molecule is CC1(C)C[C@H]2C[N+](c3ccccc3)=N[C@@]2(C)C1. The van der Waals surface area contributed by atoms with Crippen molar-refractivity contribution >= 4 is 5.69 Å². The Morgan fingerprint density at radius 1 is 1.18 bits per heavy atom. The first-order chi connectivity index (χ1) is 7.99. The minimum atomic E-state index is 0.166. The van der Waals surface area contributed by atoms with Crippen LogP contribution >= 0.6 is 0 Å². The zero-order valence-electron chi connectivity index (χ0n) is 11.0. The Bertz CT molecular complexity index is 461. The number of azo groups is 2. The van der Waals surface area contributed by atoms with Gasteiger partial charge in [0.25, 0.3) is 0 Å². The zero-order chi connectivity index (χ0) is 12.1. The van der Waals surface area contributed by atoms with E-state index in [-0.39, 0.29) is 5.54 Å². The summed E-state index contributed by atoms with van der Waals surface area (Å²) < 4.78 is 2.21. The van der Waals surface area contributed by atoms with Gasteiger partial charge >= 0.3 is 0 Å². The van der Waals surface area contributed by atoms with Gasteiger partial charge in [0.2, 0.25) is 5.69 Å². The molecule has 1 heterocycles. The standard InChI is InChI=1S/C15H21N2/c1-14(2)9-12-10-17(16-15(12,3)11-14)13-7-5-4-6-8-13/h4-8,12H,9-11H2,1-3H3/q+1/t12-,15-/m0/s1. The number of fused-ring (bicyclic) bond motifs is 1. The molecule has 1 saturated carbocycles. The fourth-order valence-electron chi connectivity index (χ4n) is 3.74. The van der Waals surface area contributed by atoms with Crippen LogP contribution in [0.5, 0.6) is 0 Å². The minimum Gasteiger partial charge on any atom is -0.0881 e. The van der Waals surface area contributed by atoms with Gasteiger partial charge in [-0.15, -0.1) is 0 Å². The molecule has 2 aliphatic rings. The van der Waals surface area contributed by atoms with E-state index in [4.69, 9.17) is 5.11 Å². The predicted octanol–water partition coefficient (Wildman–Crippen LogP) is 3.99. The molecule has 3 rings (SSSR count). The third kappa shape index (κ3) is 1.80. The maximum atomic E-state index is 4.98. The van der Waals surface area contributed by atoms with Gasteiger partial charge in [-0.1, -0.05) is 36.7 Å². The van der Waals surface area contributed by atoms with Gasteiger partial charge in [-0.2, -0.15) is 0 Å². The molecule has 0 N–H and O–H groups in total. The molecule has 2 atom stereocenters. The van der Waals surface area contributed by atoms with Crippen LogP contribution in [0.3, 0.4) is 0 Å². The first kappa shape index (κ1) is 10.9. The van der Waals surface area contributed by atoms with E-state index in [1.165, 1.54) is 18.5 Å². The molecule has 1 aliphatic heterocycles. The first-order valence-corrected chi connectivity index (χ1v) is 6.54. The monoisotopic (exact) mass is 229 g/mol. The molecule has 2 heteroatoms. The summed E-state index contributed by atoms with van der Waals surface area (Å²) in [5.74, 6) is 0.720. The molecule has 1 aromatic rings. The quantitative estimate of drug-likeness (QED) is 0.647. The molecule has 90 valence electrons. The number of benzene rings is 1. The Balaban J connectivity index is 1.92. The lowest BCUT2D eigenvalue weighted by Crippen LogP contribution is -2.24. The van der Waals surface area contributed by atoms with Gasteiger partial charge in [0.1, 0.15) is 5.54 Å². The Hall–Kier alpha value is -1.18. The van der Waals surface area contributed by atoms with E-state index in [0.29, 0.717) is 5.41 Å². The van der Waals surface area contributed by atoms with Crippen LogP contribution in [-0.4, -0.2) is 16.8 Å². The summed E-state index contributed by atoms with van der Waals surface area (Å²) in [4.78, 5) is 0. The molecule has 0 spiro atoms. The Labute approximate surface area is 103 Å². The highest BCUT2D eigenvalue weighted by Crippen LogP contribution is 2.52. The van der Waals surface area contributed by atoms with Crippen molar-refractivity contribution in [3.63, 3.8) is 0 Å². The second kappa shape index (κ2) is 3.41. The third-order valence-electron chi connectivity index (χ3n) is 4.31. The molecule has 1 aromatic carbocycles. The summed E-state index contributed by atoms with van der Waals surface area (Å²) in [5, 5.41) is 4.98. The average molecular weight is 229 g/mol. The number of para-hydroxylation sites is 1. The van der Waals surface area contributed by atoms with Crippen molar-refractivity contribution in [3.8, 4) is 0 Å². The Morgan fingerprint density at radius 2 is 1.88 bits per heavy atom. The molecule has 0 bridgehead atoms. The summed E-state index contributed by atoms with van der Waals surface area (Å²) in [7, 11) is 0. The van der Waals surface area contributed by atoms with Crippen molar-refractivity contribution in [1.82, 2.24) is 0 Å². The lowest BCUT2D eigenvalue weighted by Gasteiger charge is -2.18. The summed E-state index contributed by atoms with van der Waals surface area (Å²) in [6.45, 7) is 8.16. The van der Waals surface area contributed by atoms with Gasteiger partial charge in [0.05, 0.1) is 5.92 Å². The van der Waals surface area contributed by atoms with Crippen LogP contribution in [0.15, 0.2) is 35.4 Å². The highest BCUT2D eigenvalue weighted by Gasteiger charge is 2.56. The van der Waals surface area contributed by atoms with Crippen LogP contribution in [0, 0.1) is 11.3 Å². The fraction of sp³-hybridized carbons (Fsp3) is 0.600. The summed E-state index contributed by atoms with van der Waals surface area (Å²) in [6, 6.07) is 10.5. The van der Waals surface area contributed by atoms with Crippen molar-refractivity contribution in [2.45, 2.75) is 39.2 Å². The van der Waals surface area contributed by atoms with Crippen LogP contribution < -0.4 is 0 Å². The van der Waals surface area contributed by atoms with Crippen molar-refractivity contribution in [2.24, 2.45) is 16.4 Å². The molecule has 1 aliphatic carbocycles. The lowest BCUT2D eigenvalue weighted by atomic mass is 9.89.